The van der Waals surface area contributed by atoms with Crippen LogP contribution in [0.4, 0.5) is 4.39 Å². The first kappa shape index (κ1) is 10.2. The second kappa shape index (κ2) is 3.54. The van der Waals surface area contributed by atoms with Gasteiger partial charge in [-0.05, 0) is 42.5 Å². The SMILES string of the molecule is OC1(C2CCOC2)CCc2cc(F)ccc21. The van der Waals surface area contributed by atoms with Gasteiger partial charge in [0.15, 0.2) is 0 Å². The molecule has 1 N–H and O–H groups in total. The van der Waals surface area contributed by atoms with E-state index < -0.39 is 5.60 Å². The van der Waals surface area contributed by atoms with E-state index in [0.29, 0.717) is 13.0 Å². The molecular weight excluding hydrogens is 207 g/mol. The molecular formula is C13H15FO2. The van der Waals surface area contributed by atoms with Crippen molar-refractivity contribution < 1.29 is 14.2 Å². The average Bonchev–Trinajstić information content (AvgIpc) is 2.87. The molecule has 2 unspecified atom stereocenters. The second-order valence-corrected chi connectivity index (χ2v) is 4.79. The van der Waals surface area contributed by atoms with Gasteiger partial charge in [0.25, 0.3) is 0 Å². The van der Waals surface area contributed by atoms with Crippen LogP contribution in [0.25, 0.3) is 0 Å². The van der Waals surface area contributed by atoms with E-state index in [2.05, 4.69) is 0 Å². The summed E-state index contributed by atoms with van der Waals surface area (Å²) >= 11 is 0. The first-order valence-electron chi connectivity index (χ1n) is 5.79. The quantitative estimate of drug-likeness (QED) is 0.787. The minimum absolute atomic E-state index is 0.166. The molecule has 16 heavy (non-hydrogen) atoms. The number of aryl methyl sites for hydroxylation is 1. The van der Waals surface area contributed by atoms with E-state index in [4.69, 9.17) is 4.74 Å². The first-order chi connectivity index (χ1) is 7.70. The summed E-state index contributed by atoms with van der Waals surface area (Å²) in [6.07, 6.45) is 2.35. The molecule has 1 saturated heterocycles. The lowest BCUT2D eigenvalue weighted by Gasteiger charge is -2.29. The lowest BCUT2D eigenvalue weighted by molar-refractivity contribution is -0.0254. The van der Waals surface area contributed by atoms with Gasteiger partial charge in [0.2, 0.25) is 0 Å². The van der Waals surface area contributed by atoms with Crippen LogP contribution in [0, 0.1) is 11.7 Å². The molecule has 2 nitrogen and oxygen atoms in total. The van der Waals surface area contributed by atoms with Crippen LogP contribution in [0.15, 0.2) is 18.2 Å². The summed E-state index contributed by atoms with van der Waals surface area (Å²) in [5.41, 5.74) is 1.07. The highest BCUT2D eigenvalue weighted by Gasteiger charge is 2.44. The Labute approximate surface area is 94.0 Å². The number of ether oxygens (including phenoxy) is 1. The maximum Gasteiger partial charge on any atom is 0.123 e. The molecule has 1 fully saturated rings. The molecule has 0 amide bonds. The molecule has 2 aliphatic rings. The summed E-state index contributed by atoms with van der Waals surface area (Å²) in [7, 11) is 0. The standard InChI is InChI=1S/C13H15FO2/c14-11-1-2-12-9(7-11)3-5-13(12,15)10-4-6-16-8-10/h1-2,7,10,15H,3-6,8H2. The summed E-state index contributed by atoms with van der Waals surface area (Å²) in [5, 5.41) is 10.7. The molecule has 0 saturated carbocycles. The number of hydrogen-bond donors (Lipinski definition) is 1. The summed E-state index contributed by atoms with van der Waals surface area (Å²) in [6, 6.07) is 4.71. The second-order valence-electron chi connectivity index (χ2n) is 4.79. The minimum Gasteiger partial charge on any atom is -0.385 e. The van der Waals surface area contributed by atoms with Gasteiger partial charge in [-0.25, -0.2) is 4.39 Å². The highest BCUT2D eigenvalue weighted by Crippen LogP contribution is 2.45. The summed E-state index contributed by atoms with van der Waals surface area (Å²) in [5.74, 6) is -0.0510. The third-order valence-electron chi connectivity index (χ3n) is 3.91. The van der Waals surface area contributed by atoms with Crippen molar-refractivity contribution in [1.29, 1.82) is 0 Å². The Morgan fingerprint density at radius 2 is 2.31 bits per heavy atom. The van der Waals surface area contributed by atoms with E-state index in [0.717, 1.165) is 30.6 Å². The van der Waals surface area contributed by atoms with Crippen LogP contribution in [-0.2, 0) is 16.8 Å². The molecule has 2 atom stereocenters. The van der Waals surface area contributed by atoms with E-state index in [1.165, 1.54) is 6.07 Å². The van der Waals surface area contributed by atoms with Crippen molar-refractivity contribution in [2.24, 2.45) is 5.92 Å². The Kier molecular flexibility index (Phi) is 2.26. The number of rotatable bonds is 1. The van der Waals surface area contributed by atoms with Gasteiger partial charge in [-0.1, -0.05) is 6.07 Å². The van der Waals surface area contributed by atoms with E-state index in [1.807, 2.05) is 0 Å². The average molecular weight is 222 g/mol. The zero-order valence-electron chi connectivity index (χ0n) is 9.08. The molecule has 86 valence electrons. The van der Waals surface area contributed by atoms with Crippen molar-refractivity contribution in [3.05, 3.63) is 35.1 Å². The Balaban J connectivity index is 2.00. The highest BCUT2D eigenvalue weighted by molar-refractivity contribution is 5.38. The van der Waals surface area contributed by atoms with Crippen molar-refractivity contribution in [2.45, 2.75) is 24.9 Å². The van der Waals surface area contributed by atoms with Crippen LogP contribution < -0.4 is 0 Å². The monoisotopic (exact) mass is 222 g/mol. The number of halogens is 1. The zero-order chi connectivity index (χ0) is 11.2. The van der Waals surface area contributed by atoms with Gasteiger partial charge in [0, 0.05) is 12.5 Å². The molecule has 0 radical (unpaired) electrons. The van der Waals surface area contributed by atoms with Crippen molar-refractivity contribution >= 4 is 0 Å². The van der Waals surface area contributed by atoms with Gasteiger partial charge in [-0.3, -0.25) is 0 Å². The topological polar surface area (TPSA) is 29.5 Å². The van der Waals surface area contributed by atoms with Crippen LogP contribution >= 0.6 is 0 Å². The maximum absolute atomic E-state index is 13.1. The van der Waals surface area contributed by atoms with E-state index in [-0.39, 0.29) is 11.7 Å². The van der Waals surface area contributed by atoms with Crippen molar-refractivity contribution in [3.8, 4) is 0 Å². The van der Waals surface area contributed by atoms with Gasteiger partial charge in [-0.15, -0.1) is 0 Å². The number of benzene rings is 1. The molecule has 0 bridgehead atoms. The molecule has 0 spiro atoms. The number of fused-ring (bicyclic) bond motifs is 1. The van der Waals surface area contributed by atoms with E-state index in [9.17, 15) is 9.50 Å². The largest absolute Gasteiger partial charge is 0.385 e. The Morgan fingerprint density at radius 1 is 1.44 bits per heavy atom. The lowest BCUT2D eigenvalue weighted by Crippen LogP contribution is -2.33. The summed E-state index contributed by atoms with van der Waals surface area (Å²) in [4.78, 5) is 0. The maximum atomic E-state index is 13.1. The van der Waals surface area contributed by atoms with Crippen molar-refractivity contribution in [3.63, 3.8) is 0 Å². The molecule has 1 aromatic rings. The van der Waals surface area contributed by atoms with E-state index in [1.54, 1.807) is 12.1 Å². The van der Waals surface area contributed by atoms with Crippen LogP contribution in [0.5, 0.6) is 0 Å². The Morgan fingerprint density at radius 3 is 3.06 bits per heavy atom. The zero-order valence-corrected chi connectivity index (χ0v) is 9.08. The predicted octanol–water partition coefficient (Wildman–Crippen LogP) is 2.00. The van der Waals surface area contributed by atoms with Crippen LogP contribution in [0.3, 0.4) is 0 Å². The number of hydrogen-bond acceptors (Lipinski definition) is 2. The predicted molar refractivity (Wildman–Crippen MR) is 57.5 cm³/mol. The number of aliphatic hydroxyl groups is 1. The Bertz CT molecular complexity index is 412. The normalized spacial score (nSPS) is 33.0. The van der Waals surface area contributed by atoms with Gasteiger partial charge in [-0.2, -0.15) is 0 Å². The lowest BCUT2D eigenvalue weighted by atomic mass is 9.82. The van der Waals surface area contributed by atoms with Gasteiger partial charge >= 0.3 is 0 Å². The van der Waals surface area contributed by atoms with Crippen molar-refractivity contribution in [2.75, 3.05) is 13.2 Å². The minimum atomic E-state index is -0.792. The molecule has 3 rings (SSSR count). The van der Waals surface area contributed by atoms with E-state index >= 15 is 0 Å². The smallest absolute Gasteiger partial charge is 0.123 e. The van der Waals surface area contributed by atoms with Crippen LogP contribution in [0.1, 0.15) is 24.0 Å². The first-order valence-corrected chi connectivity index (χ1v) is 5.79. The summed E-state index contributed by atoms with van der Waals surface area (Å²) in [6.45, 7) is 1.34. The molecule has 1 heterocycles. The molecule has 0 aromatic heterocycles. The van der Waals surface area contributed by atoms with Gasteiger partial charge < -0.3 is 9.84 Å². The van der Waals surface area contributed by atoms with Crippen LogP contribution in [-0.4, -0.2) is 18.3 Å². The fourth-order valence-corrected chi connectivity index (χ4v) is 2.99. The van der Waals surface area contributed by atoms with Crippen LogP contribution in [0.2, 0.25) is 0 Å². The van der Waals surface area contributed by atoms with Crippen molar-refractivity contribution in [1.82, 2.24) is 0 Å². The third kappa shape index (κ3) is 1.39. The third-order valence-corrected chi connectivity index (χ3v) is 3.91. The van der Waals surface area contributed by atoms with Gasteiger partial charge in [0.05, 0.1) is 12.2 Å². The fourth-order valence-electron chi connectivity index (χ4n) is 2.99. The Hall–Kier alpha value is -0.930. The summed E-state index contributed by atoms with van der Waals surface area (Å²) < 4.78 is 18.4. The van der Waals surface area contributed by atoms with Gasteiger partial charge in [0.1, 0.15) is 5.82 Å². The molecule has 1 aromatic carbocycles. The highest BCUT2D eigenvalue weighted by atomic mass is 19.1. The molecule has 1 aliphatic carbocycles. The fraction of sp³-hybridized carbons (Fsp3) is 0.538. The molecule has 1 aliphatic heterocycles. The molecule has 3 heteroatoms.